The Labute approximate surface area is 145 Å². The van der Waals surface area contributed by atoms with E-state index in [0.717, 1.165) is 25.1 Å². The average Bonchev–Trinajstić information content (AvgIpc) is 3.16. The molecule has 0 unspecified atom stereocenters. The van der Waals surface area contributed by atoms with Crippen LogP contribution in [0.1, 0.15) is 19.8 Å². The number of aromatic nitrogens is 4. The van der Waals surface area contributed by atoms with Crippen molar-refractivity contribution in [1.82, 2.24) is 24.6 Å². The van der Waals surface area contributed by atoms with Crippen LogP contribution in [0.15, 0.2) is 18.6 Å². The lowest BCUT2D eigenvalue weighted by Crippen LogP contribution is -2.38. The molecule has 0 spiro atoms. The predicted octanol–water partition coefficient (Wildman–Crippen LogP) is 2.03. The zero-order valence-electron chi connectivity index (χ0n) is 13.7. The minimum Gasteiger partial charge on any atom is -0.367 e. The van der Waals surface area contributed by atoms with Crippen LogP contribution in [-0.2, 0) is 11.8 Å². The molecule has 2 N–H and O–H groups in total. The third kappa shape index (κ3) is 3.76. The van der Waals surface area contributed by atoms with Gasteiger partial charge in [-0.05, 0) is 12.8 Å². The van der Waals surface area contributed by atoms with E-state index in [1.165, 1.54) is 0 Å². The smallest absolute Gasteiger partial charge is 0.229 e. The third-order valence-electron chi connectivity index (χ3n) is 3.99. The number of likely N-dealkylation sites (tertiary alicyclic amines) is 1. The average molecular weight is 350 g/mol. The van der Waals surface area contributed by atoms with Gasteiger partial charge < -0.3 is 15.5 Å². The standard InChI is InChI=1S/C15H20ClN7O/c1-10(24)23-5-3-4-12(23)7-17-14-13(16)8-18-15(21-14)20-11-6-19-22(2)9-11/h6,8-9,12H,3-5,7H2,1-2H3,(H2,17,18,20,21)/t12-/m0/s1. The Balaban J connectivity index is 1.66. The van der Waals surface area contributed by atoms with Crippen molar-refractivity contribution in [2.24, 2.45) is 7.05 Å². The van der Waals surface area contributed by atoms with Gasteiger partial charge in [-0.1, -0.05) is 11.6 Å². The van der Waals surface area contributed by atoms with E-state index in [0.29, 0.717) is 23.3 Å². The highest BCUT2D eigenvalue weighted by molar-refractivity contribution is 6.32. The van der Waals surface area contributed by atoms with Crippen LogP contribution in [0.5, 0.6) is 0 Å². The molecule has 0 bridgehead atoms. The molecule has 0 radical (unpaired) electrons. The molecule has 1 atom stereocenters. The van der Waals surface area contributed by atoms with Crippen LogP contribution in [0.25, 0.3) is 0 Å². The third-order valence-corrected chi connectivity index (χ3v) is 4.27. The van der Waals surface area contributed by atoms with Gasteiger partial charge >= 0.3 is 0 Å². The van der Waals surface area contributed by atoms with Crippen molar-refractivity contribution < 1.29 is 4.79 Å². The highest BCUT2D eigenvalue weighted by Gasteiger charge is 2.26. The van der Waals surface area contributed by atoms with Crippen LogP contribution in [0.3, 0.4) is 0 Å². The number of amides is 1. The van der Waals surface area contributed by atoms with Crippen molar-refractivity contribution in [2.75, 3.05) is 23.7 Å². The summed E-state index contributed by atoms with van der Waals surface area (Å²) in [6.45, 7) is 3.03. The zero-order chi connectivity index (χ0) is 17.1. The van der Waals surface area contributed by atoms with Crippen molar-refractivity contribution in [1.29, 1.82) is 0 Å². The lowest BCUT2D eigenvalue weighted by molar-refractivity contribution is -0.129. The molecule has 2 aromatic heterocycles. The van der Waals surface area contributed by atoms with Crippen molar-refractivity contribution in [3.8, 4) is 0 Å². The Hall–Kier alpha value is -2.35. The van der Waals surface area contributed by atoms with Crippen LogP contribution in [-0.4, -0.2) is 49.7 Å². The highest BCUT2D eigenvalue weighted by Crippen LogP contribution is 2.23. The van der Waals surface area contributed by atoms with Gasteiger partial charge in [-0.3, -0.25) is 9.48 Å². The Kier molecular flexibility index (Phi) is 4.84. The summed E-state index contributed by atoms with van der Waals surface area (Å²) in [4.78, 5) is 22.1. The second kappa shape index (κ2) is 7.04. The molecule has 0 aliphatic carbocycles. The van der Waals surface area contributed by atoms with Gasteiger partial charge in [0.15, 0.2) is 5.82 Å². The normalized spacial score (nSPS) is 17.1. The molecule has 3 rings (SSSR count). The Morgan fingerprint density at radius 2 is 2.29 bits per heavy atom. The largest absolute Gasteiger partial charge is 0.367 e. The summed E-state index contributed by atoms with van der Waals surface area (Å²) in [5.74, 6) is 1.09. The van der Waals surface area contributed by atoms with Gasteiger partial charge in [0.2, 0.25) is 11.9 Å². The maximum atomic E-state index is 11.6. The minimum absolute atomic E-state index is 0.104. The van der Waals surface area contributed by atoms with Crippen molar-refractivity contribution in [2.45, 2.75) is 25.8 Å². The summed E-state index contributed by atoms with van der Waals surface area (Å²) in [5.41, 5.74) is 0.796. The summed E-state index contributed by atoms with van der Waals surface area (Å²) in [6.07, 6.45) is 7.07. The Morgan fingerprint density at radius 1 is 1.46 bits per heavy atom. The highest BCUT2D eigenvalue weighted by atomic mass is 35.5. The number of rotatable bonds is 5. The molecule has 1 amide bonds. The first-order valence-corrected chi connectivity index (χ1v) is 8.20. The Bertz CT molecular complexity index is 732. The second-order valence-electron chi connectivity index (χ2n) is 5.81. The number of carbonyl (C=O) groups is 1. The molecular formula is C15H20ClN7O. The lowest BCUT2D eigenvalue weighted by atomic mass is 10.2. The van der Waals surface area contributed by atoms with Gasteiger partial charge in [-0.25, -0.2) is 4.98 Å². The van der Waals surface area contributed by atoms with Gasteiger partial charge in [-0.2, -0.15) is 10.1 Å². The molecule has 0 aromatic carbocycles. The van der Waals surface area contributed by atoms with Gasteiger partial charge in [0.05, 0.1) is 18.1 Å². The number of aryl methyl sites for hydroxylation is 1. The van der Waals surface area contributed by atoms with E-state index in [1.807, 2.05) is 18.1 Å². The number of carbonyl (C=O) groups excluding carboxylic acids is 1. The van der Waals surface area contributed by atoms with E-state index in [1.54, 1.807) is 24.0 Å². The van der Waals surface area contributed by atoms with Gasteiger partial charge in [0.1, 0.15) is 5.02 Å². The molecule has 2 aromatic rings. The van der Waals surface area contributed by atoms with Gasteiger partial charge in [0.25, 0.3) is 0 Å². The monoisotopic (exact) mass is 349 g/mol. The first kappa shape index (κ1) is 16.5. The SMILES string of the molecule is CC(=O)N1CCC[C@H]1CNc1nc(Nc2cnn(C)c2)ncc1Cl. The van der Waals surface area contributed by atoms with E-state index in [2.05, 4.69) is 25.7 Å². The van der Waals surface area contributed by atoms with Crippen LogP contribution in [0, 0.1) is 0 Å². The summed E-state index contributed by atoms with van der Waals surface area (Å²) in [7, 11) is 1.84. The minimum atomic E-state index is 0.104. The van der Waals surface area contributed by atoms with E-state index in [4.69, 9.17) is 11.6 Å². The van der Waals surface area contributed by atoms with Crippen molar-refractivity contribution >= 4 is 35.0 Å². The number of hydrogen-bond acceptors (Lipinski definition) is 6. The molecule has 1 saturated heterocycles. The number of hydrogen-bond donors (Lipinski definition) is 2. The van der Waals surface area contributed by atoms with Crippen molar-refractivity contribution in [3.05, 3.63) is 23.6 Å². The number of nitrogens with zero attached hydrogens (tertiary/aromatic N) is 5. The molecule has 128 valence electrons. The van der Waals surface area contributed by atoms with Crippen LogP contribution in [0.2, 0.25) is 5.02 Å². The number of anilines is 3. The van der Waals surface area contributed by atoms with E-state index >= 15 is 0 Å². The second-order valence-corrected chi connectivity index (χ2v) is 6.21. The fourth-order valence-electron chi connectivity index (χ4n) is 2.84. The molecular weight excluding hydrogens is 330 g/mol. The molecule has 0 saturated carbocycles. The quantitative estimate of drug-likeness (QED) is 0.858. The first-order chi connectivity index (χ1) is 11.5. The molecule has 1 aliphatic heterocycles. The number of halogens is 1. The molecule has 24 heavy (non-hydrogen) atoms. The lowest BCUT2D eigenvalue weighted by Gasteiger charge is -2.23. The molecule has 1 fully saturated rings. The first-order valence-electron chi connectivity index (χ1n) is 7.82. The molecule has 8 nitrogen and oxygen atoms in total. The van der Waals surface area contributed by atoms with Crippen LogP contribution in [0.4, 0.5) is 17.5 Å². The fraction of sp³-hybridized carbons (Fsp3) is 0.467. The van der Waals surface area contributed by atoms with Gasteiger partial charge in [-0.15, -0.1) is 0 Å². The summed E-state index contributed by atoms with van der Waals surface area (Å²) in [6, 6.07) is 0.170. The van der Waals surface area contributed by atoms with E-state index < -0.39 is 0 Å². The van der Waals surface area contributed by atoms with E-state index in [-0.39, 0.29) is 11.9 Å². The summed E-state index contributed by atoms with van der Waals surface area (Å²) in [5, 5.41) is 10.8. The number of nitrogens with one attached hydrogen (secondary N) is 2. The summed E-state index contributed by atoms with van der Waals surface area (Å²) < 4.78 is 1.69. The molecule has 3 heterocycles. The van der Waals surface area contributed by atoms with Crippen molar-refractivity contribution in [3.63, 3.8) is 0 Å². The van der Waals surface area contributed by atoms with Crippen LogP contribution >= 0.6 is 11.6 Å². The predicted molar refractivity (Wildman–Crippen MR) is 92.4 cm³/mol. The van der Waals surface area contributed by atoms with Crippen LogP contribution < -0.4 is 10.6 Å². The maximum absolute atomic E-state index is 11.6. The fourth-order valence-corrected chi connectivity index (χ4v) is 3.00. The van der Waals surface area contributed by atoms with E-state index in [9.17, 15) is 4.79 Å². The topological polar surface area (TPSA) is 88.0 Å². The van der Waals surface area contributed by atoms with Gasteiger partial charge in [0, 0.05) is 39.3 Å². The zero-order valence-corrected chi connectivity index (χ0v) is 14.4. The summed E-state index contributed by atoms with van der Waals surface area (Å²) >= 11 is 6.18. The molecule has 1 aliphatic rings. The maximum Gasteiger partial charge on any atom is 0.229 e. The molecule has 9 heteroatoms. The Morgan fingerprint density at radius 3 is 3.00 bits per heavy atom.